The van der Waals surface area contributed by atoms with E-state index in [9.17, 15) is 19.1 Å². The lowest BCUT2D eigenvalue weighted by atomic mass is 9.88. The van der Waals surface area contributed by atoms with Crippen molar-refractivity contribution in [2.45, 2.75) is 19.3 Å². The van der Waals surface area contributed by atoms with Gasteiger partial charge >= 0.3 is 5.97 Å². The smallest absolute Gasteiger partial charge is 0.346 e. The van der Waals surface area contributed by atoms with E-state index in [0.29, 0.717) is 41.5 Å². The number of anilines is 1. The van der Waals surface area contributed by atoms with Crippen molar-refractivity contribution < 1.29 is 28.6 Å². The summed E-state index contributed by atoms with van der Waals surface area (Å²) in [5.74, 6) is -1.02. The van der Waals surface area contributed by atoms with Gasteiger partial charge in [0.2, 0.25) is 5.91 Å². The Morgan fingerprint density at radius 2 is 2.00 bits per heavy atom. The van der Waals surface area contributed by atoms with Gasteiger partial charge in [0.05, 0.1) is 12.3 Å². The number of carbonyl (C=O) groups excluding carboxylic acids is 1. The molecule has 2 N–H and O–H groups in total. The maximum Gasteiger partial charge on any atom is 0.346 e. The van der Waals surface area contributed by atoms with Crippen molar-refractivity contribution in [2.75, 3.05) is 18.5 Å². The number of hydrogen-bond acceptors (Lipinski definition) is 5. The van der Waals surface area contributed by atoms with E-state index in [1.807, 2.05) is 19.1 Å². The number of carboxylic acids is 1. The van der Waals surface area contributed by atoms with Crippen LogP contribution in [0.1, 0.15) is 39.4 Å². The van der Waals surface area contributed by atoms with E-state index in [1.54, 1.807) is 12.1 Å². The molecule has 0 spiro atoms. The third-order valence-corrected chi connectivity index (χ3v) is 6.55. The van der Waals surface area contributed by atoms with Crippen molar-refractivity contribution in [3.8, 4) is 22.6 Å². The summed E-state index contributed by atoms with van der Waals surface area (Å²) in [4.78, 5) is 25.6. The van der Waals surface area contributed by atoms with Crippen molar-refractivity contribution in [3.05, 3.63) is 76.3 Å². The van der Waals surface area contributed by atoms with Crippen LogP contribution in [0.25, 0.3) is 11.1 Å². The highest BCUT2D eigenvalue weighted by Crippen LogP contribution is 2.50. The molecule has 170 valence electrons. The largest absolute Gasteiger partial charge is 0.490 e. The third-order valence-electron chi connectivity index (χ3n) is 5.26. The van der Waals surface area contributed by atoms with Crippen molar-refractivity contribution in [3.63, 3.8) is 0 Å². The number of ether oxygens (including phenoxy) is 2. The predicted molar refractivity (Wildman–Crippen MR) is 125 cm³/mol. The van der Waals surface area contributed by atoms with E-state index in [1.165, 1.54) is 24.3 Å². The number of thiophene rings is 1. The highest BCUT2D eigenvalue weighted by Gasteiger charge is 2.34. The average Bonchev–Trinajstić information content (AvgIpc) is 3.18. The number of carbonyl (C=O) groups is 2. The molecule has 3 aromatic rings. The van der Waals surface area contributed by atoms with Crippen molar-refractivity contribution in [1.82, 2.24) is 0 Å². The molecule has 0 radical (unpaired) electrons. The Labute approximate surface area is 194 Å². The molecule has 0 aliphatic carbocycles. The zero-order valence-corrected chi connectivity index (χ0v) is 18.7. The Morgan fingerprint density at radius 1 is 1.24 bits per heavy atom. The molecule has 8 heteroatoms. The minimum absolute atomic E-state index is 0.0924. The quantitative estimate of drug-likeness (QED) is 0.416. The number of benzene rings is 2. The van der Waals surface area contributed by atoms with Crippen molar-refractivity contribution in [2.24, 2.45) is 0 Å². The second-order valence-electron chi connectivity index (χ2n) is 7.40. The van der Waals surface area contributed by atoms with Gasteiger partial charge in [0.15, 0.2) is 11.5 Å². The molecule has 1 atom stereocenters. The van der Waals surface area contributed by atoms with Gasteiger partial charge in [-0.15, -0.1) is 11.3 Å². The van der Waals surface area contributed by atoms with Gasteiger partial charge in [0.1, 0.15) is 17.3 Å². The summed E-state index contributed by atoms with van der Waals surface area (Å²) >= 11 is 1.12. The maximum atomic E-state index is 13.5. The lowest BCUT2D eigenvalue weighted by Crippen LogP contribution is -2.22. The summed E-state index contributed by atoms with van der Waals surface area (Å²) in [7, 11) is 0. The molecule has 1 aromatic heterocycles. The first-order valence-electron chi connectivity index (χ1n) is 10.4. The Morgan fingerprint density at radius 3 is 2.67 bits per heavy atom. The fraction of sp³-hybridized carbons (Fsp3) is 0.200. The van der Waals surface area contributed by atoms with Crippen molar-refractivity contribution in [1.29, 1.82) is 0 Å². The topological polar surface area (TPSA) is 84.9 Å². The molecule has 1 unspecified atom stereocenters. The van der Waals surface area contributed by atoms with Gasteiger partial charge in [-0.25, -0.2) is 9.18 Å². The van der Waals surface area contributed by atoms with E-state index in [-0.39, 0.29) is 23.1 Å². The molecular formula is C25H22FNO5S. The Kier molecular flexibility index (Phi) is 6.46. The Bertz CT molecular complexity index is 1220. The highest BCUT2D eigenvalue weighted by atomic mass is 32.1. The summed E-state index contributed by atoms with van der Waals surface area (Å²) in [5, 5.41) is 12.7. The van der Waals surface area contributed by atoms with Crippen LogP contribution in [0.2, 0.25) is 0 Å². The molecule has 0 fully saturated rings. The number of hydrogen-bond donors (Lipinski definition) is 2. The monoisotopic (exact) mass is 467 g/mol. The molecule has 1 aliphatic heterocycles. The lowest BCUT2D eigenvalue weighted by molar-refractivity contribution is -0.116. The third kappa shape index (κ3) is 4.47. The summed E-state index contributed by atoms with van der Waals surface area (Å²) < 4.78 is 24.9. The molecule has 1 amide bonds. The first kappa shape index (κ1) is 22.5. The van der Waals surface area contributed by atoms with Crippen LogP contribution in [0, 0.1) is 5.82 Å². The fourth-order valence-electron chi connectivity index (χ4n) is 3.88. The van der Waals surface area contributed by atoms with Crippen LogP contribution in [-0.2, 0) is 4.79 Å². The minimum Gasteiger partial charge on any atom is -0.490 e. The molecule has 33 heavy (non-hydrogen) atoms. The molecule has 1 aliphatic rings. The number of rotatable bonds is 8. The van der Waals surface area contributed by atoms with E-state index in [2.05, 4.69) is 11.9 Å². The minimum atomic E-state index is -1.11. The summed E-state index contributed by atoms with van der Waals surface area (Å²) in [5.41, 5.74) is 2.17. The van der Waals surface area contributed by atoms with Gasteiger partial charge in [0, 0.05) is 22.8 Å². The summed E-state index contributed by atoms with van der Waals surface area (Å²) in [6, 6.07) is 11.0. The van der Waals surface area contributed by atoms with Gasteiger partial charge in [-0.2, -0.15) is 0 Å². The highest BCUT2D eigenvalue weighted by molar-refractivity contribution is 7.15. The predicted octanol–water partition coefficient (Wildman–Crippen LogP) is 5.69. The zero-order chi connectivity index (χ0) is 23.5. The molecule has 0 bridgehead atoms. The van der Waals surface area contributed by atoms with E-state index in [0.717, 1.165) is 21.8 Å². The average molecular weight is 468 g/mol. The van der Waals surface area contributed by atoms with Gasteiger partial charge in [0.25, 0.3) is 0 Å². The molecule has 4 rings (SSSR count). The van der Waals surface area contributed by atoms with Crippen LogP contribution in [0.3, 0.4) is 0 Å². The van der Waals surface area contributed by atoms with E-state index >= 15 is 0 Å². The van der Waals surface area contributed by atoms with Gasteiger partial charge in [-0.1, -0.05) is 30.9 Å². The number of fused-ring (bicyclic) bond motifs is 1. The maximum absolute atomic E-state index is 13.5. The first-order chi connectivity index (χ1) is 15.9. The van der Waals surface area contributed by atoms with Gasteiger partial charge < -0.3 is 19.9 Å². The fourth-order valence-corrected chi connectivity index (χ4v) is 5.12. The van der Waals surface area contributed by atoms with Gasteiger partial charge in [-0.3, -0.25) is 4.79 Å². The van der Waals surface area contributed by atoms with Crippen LogP contribution in [0.15, 0.2) is 55.1 Å². The number of halogens is 1. The van der Waals surface area contributed by atoms with Gasteiger partial charge in [-0.05, 0) is 42.3 Å². The number of amides is 1. The molecule has 0 saturated heterocycles. The van der Waals surface area contributed by atoms with Crippen LogP contribution in [0.4, 0.5) is 10.1 Å². The van der Waals surface area contributed by atoms with E-state index < -0.39 is 11.8 Å². The summed E-state index contributed by atoms with van der Waals surface area (Å²) in [6.45, 7) is 6.27. The van der Waals surface area contributed by atoms with Crippen molar-refractivity contribution >= 4 is 28.9 Å². The molecule has 2 heterocycles. The van der Waals surface area contributed by atoms with Crippen LogP contribution >= 0.6 is 11.3 Å². The van der Waals surface area contributed by atoms with Crippen LogP contribution in [-0.4, -0.2) is 30.2 Å². The van der Waals surface area contributed by atoms with Crippen LogP contribution in [0.5, 0.6) is 11.5 Å². The molecule has 2 aromatic carbocycles. The molecular weight excluding hydrogens is 445 g/mol. The first-order valence-corrected chi connectivity index (χ1v) is 11.2. The molecule has 0 saturated carbocycles. The van der Waals surface area contributed by atoms with E-state index in [4.69, 9.17) is 9.47 Å². The number of carboxylic acid groups (broad SMARTS) is 1. The molecule has 6 nitrogen and oxygen atoms in total. The normalized spacial score (nSPS) is 14.8. The standard InChI is InChI=1S/C25H22FNO5S/c1-3-11-32-18-10-7-15(12-19(18)31-4-2)17-13-20(28)27-22-21(14-5-8-16(26)9-6-14)24(25(29)30)33-23(17)22/h3,5-10,12,17H,1,4,11,13H2,2H3,(H,27,28)(H,29,30). The Balaban J connectivity index is 1.84. The second-order valence-corrected chi connectivity index (χ2v) is 8.45. The number of nitrogens with one attached hydrogen (secondary N) is 1. The SMILES string of the molecule is C=CCOc1ccc(C2CC(=O)Nc3c2sc(C(=O)O)c3-c2ccc(F)cc2)cc1OCC. The number of aromatic carboxylic acids is 1. The zero-order valence-electron chi connectivity index (χ0n) is 17.9. The Hall–Kier alpha value is -3.65. The second kappa shape index (κ2) is 9.46. The van der Waals surface area contributed by atoms with Crippen LogP contribution < -0.4 is 14.8 Å². The summed E-state index contributed by atoms with van der Waals surface area (Å²) in [6.07, 6.45) is 1.80. The lowest BCUT2D eigenvalue weighted by Gasteiger charge is -2.24.